The fraction of sp³-hybridized carbons (Fsp3) is 0.125. The topological polar surface area (TPSA) is 57.0 Å². The minimum absolute atomic E-state index is 0.230. The van der Waals surface area contributed by atoms with Crippen LogP contribution in [0.1, 0.15) is 6.92 Å². The minimum atomic E-state index is -1.90. The molecule has 0 N–H and O–H groups in total. The summed E-state index contributed by atoms with van der Waals surface area (Å²) in [4.78, 5) is 10.6. The van der Waals surface area contributed by atoms with E-state index >= 15 is 0 Å². The van der Waals surface area contributed by atoms with Gasteiger partial charge >= 0.3 is 93.7 Å². The van der Waals surface area contributed by atoms with Crippen molar-refractivity contribution in [3.63, 3.8) is 0 Å². The first-order valence-corrected chi connectivity index (χ1v) is 8.89. The molecule has 0 unspecified atom stereocenters. The molecule has 68 valence electrons. The van der Waals surface area contributed by atoms with Crippen LogP contribution in [0.25, 0.3) is 11.0 Å². The summed E-state index contributed by atoms with van der Waals surface area (Å²) in [6.07, 6.45) is 0. The van der Waals surface area contributed by atoms with Crippen molar-refractivity contribution in [3.05, 3.63) is 24.3 Å². The van der Waals surface area contributed by atoms with Crippen LogP contribution in [-0.4, -0.2) is 18.7 Å². The molecule has 1 aromatic carbocycles. The Balaban J connectivity index is 2.29. The number of para-hydroxylation sites is 1. The van der Waals surface area contributed by atoms with E-state index in [0.717, 1.165) is 11.0 Å². The molecule has 0 aliphatic carbocycles. The Hall–Kier alpha value is -0.975. The number of rotatable bonds is 2. The number of carbonyl (C=O) groups excluding carboxylic acids is 1. The monoisotopic (exact) mass is 379 g/mol. The molecule has 1 heterocycles. The van der Waals surface area contributed by atoms with E-state index < -0.39 is 25.3 Å². The summed E-state index contributed by atoms with van der Waals surface area (Å²) in [7, 11) is 0. The van der Waals surface area contributed by atoms with Crippen LogP contribution in [0.15, 0.2) is 24.3 Å². The molecule has 5 nitrogen and oxygen atoms in total. The summed E-state index contributed by atoms with van der Waals surface area (Å²) >= 11 is -1.90. The Morgan fingerprint density at radius 3 is 3.07 bits per heavy atom. The van der Waals surface area contributed by atoms with E-state index in [4.69, 9.17) is 2.64 Å². The zero-order valence-electron chi connectivity index (χ0n) is 7.67. The predicted octanol–water partition coefficient (Wildman–Crippen LogP) is 0.755. The van der Waals surface area contributed by atoms with Gasteiger partial charge in [0.25, 0.3) is 0 Å². The number of benzene rings is 1. The standard InChI is InChI=1S/C6H4N3.C2H4O2.Hg/c1-2-4-6-5(3-1)7-9-8-6;1-2(3)4;/h1-4H;1H3,(H,3,4);/q-1;;+2/p-1. The van der Waals surface area contributed by atoms with Crippen molar-refractivity contribution in [1.29, 1.82) is 0 Å². The van der Waals surface area contributed by atoms with E-state index in [1.165, 1.54) is 6.92 Å². The molecule has 0 saturated carbocycles. The van der Waals surface area contributed by atoms with Crippen molar-refractivity contribution in [3.8, 4) is 0 Å². The molecule has 0 spiro atoms. The Bertz CT molecular complexity index is 468. The van der Waals surface area contributed by atoms with Gasteiger partial charge in [-0.2, -0.15) is 0 Å². The number of hydrogen-bond donors (Lipinski definition) is 0. The van der Waals surface area contributed by atoms with Crippen LogP contribution in [-0.2, 0) is 32.8 Å². The second-order valence-corrected chi connectivity index (χ2v) is 7.30. The maximum atomic E-state index is 10.6. The van der Waals surface area contributed by atoms with Crippen molar-refractivity contribution in [2.24, 2.45) is 0 Å². The van der Waals surface area contributed by atoms with Gasteiger partial charge in [0, 0.05) is 0 Å². The summed E-state index contributed by atoms with van der Waals surface area (Å²) in [6, 6.07) is 7.65. The molecule has 0 fully saturated rings. The van der Waals surface area contributed by atoms with Gasteiger partial charge < -0.3 is 0 Å². The number of fused-ring (bicyclic) bond motifs is 1. The van der Waals surface area contributed by atoms with E-state index in [2.05, 4.69) is 10.3 Å². The molecule has 2 aromatic rings. The van der Waals surface area contributed by atoms with Crippen LogP contribution < -0.4 is 0 Å². The predicted molar refractivity (Wildman–Crippen MR) is 44.7 cm³/mol. The molecule has 0 aliphatic heterocycles. The van der Waals surface area contributed by atoms with E-state index in [1.807, 2.05) is 24.3 Å². The van der Waals surface area contributed by atoms with Crippen molar-refractivity contribution >= 4 is 17.0 Å². The summed E-state index contributed by atoms with van der Waals surface area (Å²) in [5.41, 5.74) is 1.80. The SMILES string of the molecule is CC(=O)[O][Hg][n]1nnc2ccccc21. The molecular weight excluding hydrogens is 371 g/mol. The van der Waals surface area contributed by atoms with Crippen LogP contribution >= 0.6 is 0 Å². The van der Waals surface area contributed by atoms with E-state index in [9.17, 15) is 4.79 Å². The first-order chi connectivity index (χ1) is 6.77. The normalized spacial score (nSPS) is 9.79. The van der Waals surface area contributed by atoms with E-state index in [-0.39, 0.29) is 5.97 Å². The molecule has 2 rings (SSSR count). The van der Waals surface area contributed by atoms with Gasteiger partial charge in [-0.25, -0.2) is 0 Å². The molecule has 6 heteroatoms. The fourth-order valence-corrected chi connectivity index (χ4v) is 4.37. The van der Waals surface area contributed by atoms with Crippen molar-refractivity contribution in [2.75, 3.05) is 0 Å². The first kappa shape index (κ1) is 9.58. The number of aromatic nitrogens is 3. The quantitative estimate of drug-likeness (QED) is 0.725. The molecule has 0 atom stereocenters. The van der Waals surface area contributed by atoms with Gasteiger partial charge in [-0.3, -0.25) is 0 Å². The van der Waals surface area contributed by atoms with E-state index in [0.29, 0.717) is 0 Å². The van der Waals surface area contributed by atoms with Crippen LogP contribution in [0.4, 0.5) is 0 Å². The molecule has 0 bridgehead atoms. The van der Waals surface area contributed by atoms with E-state index in [1.54, 1.807) is 2.45 Å². The molecule has 0 saturated heterocycles. The average Bonchev–Trinajstić information content (AvgIpc) is 2.58. The molecule has 14 heavy (non-hydrogen) atoms. The van der Waals surface area contributed by atoms with Gasteiger partial charge in [0.2, 0.25) is 0 Å². The van der Waals surface area contributed by atoms with Crippen LogP contribution in [0.2, 0.25) is 0 Å². The molecule has 1 aromatic heterocycles. The first-order valence-electron chi connectivity index (χ1n) is 4.19. The number of hydrogen-bond acceptors (Lipinski definition) is 4. The van der Waals surface area contributed by atoms with Crippen molar-refractivity contribution < 1.29 is 32.8 Å². The third-order valence-electron chi connectivity index (χ3n) is 1.81. The zero-order chi connectivity index (χ0) is 9.97. The van der Waals surface area contributed by atoms with Crippen molar-refractivity contribution in [2.45, 2.75) is 6.92 Å². The van der Waals surface area contributed by atoms with Crippen LogP contribution in [0.3, 0.4) is 0 Å². The number of carbonyl (C=O) groups is 1. The van der Waals surface area contributed by atoms with Gasteiger partial charge in [-0.1, -0.05) is 0 Å². The van der Waals surface area contributed by atoms with Gasteiger partial charge in [-0.15, -0.1) is 0 Å². The Morgan fingerprint density at radius 2 is 2.29 bits per heavy atom. The summed E-state index contributed by atoms with van der Waals surface area (Å²) in [5, 5.41) is 7.93. The third-order valence-corrected chi connectivity index (χ3v) is 6.66. The Kier molecular flexibility index (Phi) is 2.76. The maximum absolute atomic E-state index is 10.6. The molecule has 0 aliphatic rings. The molecular formula is C8H7HgN3O2. The number of nitrogens with zero attached hydrogens (tertiary/aromatic N) is 3. The summed E-state index contributed by atoms with van der Waals surface area (Å²) in [5.74, 6) is -0.230. The van der Waals surface area contributed by atoms with Crippen molar-refractivity contribution in [1.82, 2.24) is 12.8 Å². The van der Waals surface area contributed by atoms with Gasteiger partial charge in [-0.05, 0) is 0 Å². The summed E-state index contributed by atoms with van der Waals surface area (Å²) in [6.45, 7) is 1.42. The second kappa shape index (κ2) is 4.04. The summed E-state index contributed by atoms with van der Waals surface area (Å²) < 4.78 is 6.80. The molecule has 0 amide bonds. The third kappa shape index (κ3) is 1.92. The van der Waals surface area contributed by atoms with Gasteiger partial charge in [0.1, 0.15) is 0 Å². The van der Waals surface area contributed by atoms with Gasteiger partial charge in [0.05, 0.1) is 0 Å². The fourth-order valence-electron chi connectivity index (χ4n) is 1.16. The van der Waals surface area contributed by atoms with Crippen LogP contribution in [0.5, 0.6) is 0 Å². The van der Waals surface area contributed by atoms with Gasteiger partial charge in [0.15, 0.2) is 0 Å². The Labute approximate surface area is 93.6 Å². The van der Waals surface area contributed by atoms with Crippen LogP contribution in [0, 0.1) is 0 Å². The average molecular weight is 378 g/mol. The molecule has 0 radical (unpaired) electrons. The second-order valence-electron chi connectivity index (χ2n) is 2.84. The zero-order valence-corrected chi connectivity index (χ0v) is 13.2. The Morgan fingerprint density at radius 1 is 1.50 bits per heavy atom.